The SMILES string of the molecule is Cc1cc2c(cc1C(=O)[O-])C(C)(C)C(C)C2(C)C. The van der Waals surface area contributed by atoms with Crippen LogP contribution in [0.2, 0.25) is 0 Å². The lowest BCUT2D eigenvalue weighted by molar-refractivity contribution is -0.255. The first-order valence-electron chi connectivity index (χ1n) is 6.47. The average Bonchev–Trinajstić information content (AvgIpc) is 2.37. The van der Waals surface area contributed by atoms with Crippen molar-refractivity contribution < 1.29 is 9.90 Å². The maximum absolute atomic E-state index is 11.2. The van der Waals surface area contributed by atoms with Gasteiger partial charge in [-0.05, 0) is 46.4 Å². The van der Waals surface area contributed by atoms with Crippen LogP contribution in [0.25, 0.3) is 0 Å². The van der Waals surface area contributed by atoms with Crippen LogP contribution in [0.1, 0.15) is 61.7 Å². The molecule has 1 aromatic carbocycles. The highest BCUT2D eigenvalue weighted by atomic mass is 16.4. The van der Waals surface area contributed by atoms with Crippen LogP contribution in [-0.4, -0.2) is 5.97 Å². The maximum atomic E-state index is 11.2. The highest BCUT2D eigenvalue weighted by Gasteiger charge is 2.48. The fraction of sp³-hybridized carbons (Fsp3) is 0.562. The Morgan fingerprint density at radius 3 is 2.00 bits per heavy atom. The van der Waals surface area contributed by atoms with Gasteiger partial charge in [0.15, 0.2) is 0 Å². The number of carboxylic acid groups (broad SMARTS) is 1. The fourth-order valence-corrected chi connectivity index (χ4v) is 3.36. The molecule has 1 aliphatic carbocycles. The third-order valence-electron chi connectivity index (χ3n) is 5.14. The van der Waals surface area contributed by atoms with Crippen molar-refractivity contribution in [2.45, 2.75) is 52.4 Å². The Kier molecular flexibility index (Phi) is 2.62. The molecule has 0 saturated heterocycles. The van der Waals surface area contributed by atoms with Gasteiger partial charge in [-0.15, -0.1) is 0 Å². The number of carbonyl (C=O) groups is 1. The van der Waals surface area contributed by atoms with Gasteiger partial charge >= 0.3 is 0 Å². The zero-order chi connectivity index (χ0) is 13.9. The van der Waals surface area contributed by atoms with Crippen LogP contribution in [0.4, 0.5) is 0 Å². The number of fused-ring (bicyclic) bond motifs is 1. The van der Waals surface area contributed by atoms with Crippen LogP contribution >= 0.6 is 0 Å². The van der Waals surface area contributed by atoms with Crippen molar-refractivity contribution in [3.8, 4) is 0 Å². The van der Waals surface area contributed by atoms with Crippen LogP contribution in [0.5, 0.6) is 0 Å². The molecule has 0 fully saturated rings. The molecular weight excluding hydrogens is 224 g/mol. The van der Waals surface area contributed by atoms with Gasteiger partial charge in [0.1, 0.15) is 0 Å². The molecule has 0 heterocycles. The molecular formula is C16H21O2-. The molecule has 1 aliphatic rings. The molecule has 2 heteroatoms. The van der Waals surface area contributed by atoms with Crippen LogP contribution < -0.4 is 5.11 Å². The van der Waals surface area contributed by atoms with Crippen molar-refractivity contribution in [2.75, 3.05) is 0 Å². The Hall–Kier alpha value is -1.31. The van der Waals surface area contributed by atoms with E-state index in [1.807, 2.05) is 19.1 Å². The summed E-state index contributed by atoms with van der Waals surface area (Å²) in [6.45, 7) is 13.0. The number of hydrogen-bond donors (Lipinski definition) is 0. The van der Waals surface area contributed by atoms with E-state index in [4.69, 9.17) is 0 Å². The molecule has 0 N–H and O–H groups in total. The minimum absolute atomic E-state index is 0.00324. The van der Waals surface area contributed by atoms with E-state index in [0.29, 0.717) is 11.5 Å². The van der Waals surface area contributed by atoms with Gasteiger partial charge in [0, 0.05) is 5.56 Å². The molecule has 0 spiro atoms. The zero-order valence-corrected chi connectivity index (χ0v) is 12.0. The summed E-state index contributed by atoms with van der Waals surface area (Å²) >= 11 is 0. The van der Waals surface area contributed by atoms with Gasteiger partial charge in [-0.3, -0.25) is 0 Å². The largest absolute Gasteiger partial charge is 0.545 e. The molecule has 2 nitrogen and oxygen atoms in total. The number of hydrogen-bond acceptors (Lipinski definition) is 2. The summed E-state index contributed by atoms with van der Waals surface area (Å²) in [7, 11) is 0. The molecule has 0 aromatic heterocycles. The van der Waals surface area contributed by atoms with Crippen molar-refractivity contribution in [3.63, 3.8) is 0 Å². The molecule has 0 amide bonds. The Balaban J connectivity index is 2.76. The van der Waals surface area contributed by atoms with Crippen LogP contribution in [0.3, 0.4) is 0 Å². The van der Waals surface area contributed by atoms with E-state index in [1.54, 1.807) is 0 Å². The highest BCUT2D eigenvalue weighted by Crippen LogP contribution is 2.53. The first kappa shape index (κ1) is 13.1. The third-order valence-corrected chi connectivity index (χ3v) is 5.14. The summed E-state index contributed by atoms with van der Waals surface area (Å²) in [5, 5.41) is 11.2. The molecule has 0 aliphatic heterocycles. The summed E-state index contributed by atoms with van der Waals surface area (Å²) in [5.74, 6) is -0.611. The molecule has 0 bridgehead atoms. The summed E-state index contributed by atoms with van der Waals surface area (Å²) in [6.07, 6.45) is 0. The number of carboxylic acids is 1. The monoisotopic (exact) mass is 245 g/mol. The predicted molar refractivity (Wildman–Crippen MR) is 70.7 cm³/mol. The van der Waals surface area contributed by atoms with Gasteiger partial charge in [0.25, 0.3) is 0 Å². The number of carbonyl (C=O) groups excluding carboxylic acids is 1. The second kappa shape index (κ2) is 3.59. The van der Waals surface area contributed by atoms with E-state index in [1.165, 1.54) is 5.56 Å². The quantitative estimate of drug-likeness (QED) is 0.763. The van der Waals surface area contributed by atoms with Gasteiger partial charge in [-0.2, -0.15) is 0 Å². The second-order valence-electron chi connectivity index (χ2n) is 6.67. The fourth-order valence-electron chi connectivity index (χ4n) is 3.36. The van der Waals surface area contributed by atoms with Crippen molar-refractivity contribution in [1.29, 1.82) is 0 Å². The van der Waals surface area contributed by atoms with E-state index in [-0.39, 0.29) is 10.8 Å². The summed E-state index contributed by atoms with van der Waals surface area (Å²) < 4.78 is 0. The average molecular weight is 245 g/mol. The van der Waals surface area contributed by atoms with Gasteiger partial charge < -0.3 is 9.90 Å². The number of benzene rings is 1. The Morgan fingerprint density at radius 2 is 1.56 bits per heavy atom. The molecule has 1 aromatic rings. The summed E-state index contributed by atoms with van der Waals surface area (Å²) in [4.78, 5) is 11.2. The van der Waals surface area contributed by atoms with Crippen molar-refractivity contribution in [1.82, 2.24) is 0 Å². The van der Waals surface area contributed by atoms with E-state index < -0.39 is 5.97 Å². The zero-order valence-electron chi connectivity index (χ0n) is 12.0. The van der Waals surface area contributed by atoms with E-state index >= 15 is 0 Å². The molecule has 0 saturated carbocycles. The summed E-state index contributed by atoms with van der Waals surface area (Å²) in [5.41, 5.74) is 3.64. The Labute approximate surface area is 109 Å². The Morgan fingerprint density at radius 1 is 1.11 bits per heavy atom. The van der Waals surface area contributed by atoms with Crippen LogP contribution in [0.15, 0.2) is 12.1 Å². The third kappa shape index (κ3) is 1.51. The van der Waals surface area contributed by atoms with Crippen molar-refractivity contribution in [3.05, 3.63) is 34.4 Å². The molecule has 2 rings (SSSR count). The van der Waals surface area contributed by atoms with Crippen LogP contribution in [-0.2, 0) is 10.8 Å². The minimum atomic E-state index is -1.08. The standard InChI is InChI=1S/C16H22O2/c1-9-7-12-13(8-11(9)14(17)18)16(5,6)10(2)15(12,3)4/h7-8,10H,1-6H3,(H,17,18)/p-1. The maximum Gasteiger partial charge on any atom is 0.0718 e. The smallest absolute Gasteiger partial charge is 0.0718 e. The van der Waals surface area contributed by atoms with E-state index in [0.717, 1.165) is 11.1 Å². The van der Waals surface area contributed by atoms with Gasteiger partial charge in [-0.25, -0.2) is 0 Å². The van der Waals surface area contributed by atoms with Gasteiger partial charge in [-0.1, -0.05) is 40.7 Å². The van der Waals surface area contributed by atoms with Gasteiger partial charge in [0.05, 0.1) is 5.97 Å². The molecule has 0 radical (unpaired) electrons. The normalized spacial score (nSPS) is 23.8. The molecule has 1 unspecified atom stereocenters. The molecule has 1 atom stereocenters. The lowest BCUT2D eigenvalue weighted by Crippen LogP contribution is -2.30. The number of aromatic carboxylic acids is 1. The van der Waals surface area contributed by atoms with Crippen molar-refractivity contribution >= 4 is 5.97 Å². The molecule has 98 valence electrons. The van der Waals surface area contributed by atoms with E-state index in [9.17, 15) is 9.90 Å². The van der Waals surface area contributed by atoms with E-state index in [2.05, 4.69) is 34.6 Å². The summed E-state index contributed by atoms with van der Waals surface area (Å²) in [6, 6.07) is 3.86. The number of rotatable bonds is 1. The minimum Gasteiger partial charge on any atom is -0.545 e. The first-order valence-corrected chi connectivity index (χ1v) is 6.47. The Bertz CT molecular complexity index is 524. The topological polar surface area (TPSA) is 40.1 Å². The van der Waals surface area contributed by atoms with Crippen molar-refractivity contribution in [2.24, 2.45) is 5.92 Å². The van der Waals surface area contributed by atoms with Crippen LogP contribution in [0, 0.1) is 12.8 Å². The van der Waals surface area contributed by atoms with Gasteiger partial charge in [0.2, 0.25) is 0 Å². The number of aryl methyl sites for hydroxylation is 1. The predicted octanol–water partition coefficient (Wildman–Crippen LogP) is 2.56. The second-order valence-corrected chi connectivity index (χ2v) is 6.67. The first-order chi connectivity index (χ1) is 8.10. The molecule has 18 heavy (non-hydrogen) atoms. The lowest BCUT2D eigenvalue weighted by atomic mass is 9.71. The lowest BCUT2D eigenvalue weighted by Gasteiger charge is -2.32. The highest BCUT2D eigenvalue weighted by molar-refractivity contribution is 5.88.